The Labute approximate surface area is 123 Å². The molecule has 0 spiro atoms. The van der Waals surface area contributed by atoms with E-state index in [2.05, 4.69) is 76.7 Å². The first-order valence-corrected chi connectivity index (χ1v) is 7.62. The highest BCUT2D eigenvalue weighted by atomic mass is 79.9. The van der Waals surface area contributed by atoms with Gasteiger partial charge in [0, 0.05) is 16.6 Å². The zero-order valence-corrected chi connectivity index (χ0v) is 12.7. The molecule has 0 radical (unpaired) electrons. The van der Waals surface area contributed by atoms with Crippen LogP contribution in [0.15, 0.2) is 53.0 Å². The minimum absolute atomic E-state index is 0.379. The summed E-state index contributed by atoms with van der Waals surface area (Å²) in [7, 11) is 0. The van der Waals surface area contributed by atoms with Gasteiger partial charge >= 0.3 is 0 Å². The normalized spacial score (nSPS) is 19.2. The van der Waals surface area contributed by atoms with Gasteiger partial charge in [-0.15, -0.1) is 0 Å². The smallest absolute Gasteiger partial charge is 0.0331 e. The predicted octanol–water partition coefficient (Wildman–Crippen LogP) is 4.79. The number of hydrogen-bond donors (Lipinski definition) is 1. The third-order valence-corrected chi connectivity index (χ3v) is 4.48. The van der Waals surface area contributed by atoms with Crippen LogP contribution < -0.4 is 5.32 Å². The molecule has 98 valence electrons. The van der Waals surface area contributed by atoms with Crippen molar-refractivity contribution in [3.63, 3.8) is 0 Å². The van der Waals surface area contributed by atoms with Crippen molar-refractivity contribution < 1.29 is 0 Å². The summed E-state index contributed by atoms with van der Waals surface area (Å²) in [4.78, 5) is 0. The van der Waals surface area contributed by atoms with Crippen LogP contribution in [0.2, 0.25) is 0 Å². The van der Waals surface area contributed by atoms with Gasteiger partial charge in [-0.3, -0.25) is 0 Å². The lowest BCUT2D eigenvalue weighted by Gasteiger charge is -2.21. The summed E-state index contributed by atoms with van der Waals surface area (Å²) >= 11 is 3.48. The molecule has 0 bridgehead atoms. The molecule has 2 aromatic carbocycles. The summed E-state index contributed by atoms with van der Waals surface area (Å²) < 4.78 is 1.13. The monoisotopic (exact) mass is 315 g/mol. The van der Waals surface area contributed by atoms with Crippen LogP contribution in [0.4, 0.5) is 0 Å². The summed E-state index contributed by atoms with van der Waals surface area (Å²) in [6, 6.07) is 18.2. The summed E-state index contributed by atoms with van der Waals surface area (Å²) in [6.07, 6.45) is 2.40. The second kappa shape index (κ2) is 5.48. The van der Waals surface area contributed by atoms with E-state index in [-0.39, 0.29) is 0 Å². The van der Waals surface area contributed by atoms with Crippen molar-refractivity contribution in [3.8, 4) is 0 Å². The average Bonchev–Trinajstić information content (AvgIpc) is 2.83. The van der Waals surface area contributed by atoms with Crippen LogP contribution in [-0.4, -0.2) is 0 Å². The minimum Gasteiger partial charge on any atom is -0.303 e. The molecule has 3 rings (SSSR count). The molecule has 0 heterocycles. The Morgan fingerprint density at radius 3 is 2.63 bits per heavy atom. The van der Waals surface area contributed by atoms with Crippen molar-refractivity contribution in [2.45, 2.75) is 31.8 Å². The Bertz CT molecular complexity index is 562. The third-order valence-electron chi connectivity index (χ3n) is 3.95. The first-order valence-electron chi connectivity index (χ1n) is 6.83. The Morgan fingerprint density at radius 2 is 1.84 bits per heavy atom. The second-order valence-corrected chi connectivity index (χ2v) is 6.15. The van der Waals surface area contributed by atoms with Crippen LogP contribution in [-0.2, 0) is 6.42 Å². The number of aryl methyl sites for hydroxylation is 1. The number of halogens is 1. The fraction of sp³-hybridized carbons (Fsp3) is 0.294. The summed E-state index contributed by atoms with van der Waals surface area (Å²) in [5.41, 5.74) is 4.32. The molecular formula is C17H18BrN. The Hall–Kier alpha value is -1.12. The molecule has 0 amide bonds. The van der Waals surface area contributed by atoms with E-state index in [1.165, 1.54) is 29.5 Å². The van der Waals surface area contributed by atoms with Crippen molar-refractivity contribution in [2.75, 3.05) is 0 Å². The van der Waals surface area contributed by atoms with Crippen LogP contribution in [0.3, 0.4) is 0 Å². The molecule has 0 fully saturated rings. The highest BCUT2D eigenvalue weighted by molar-refractivity contribution is 9.10. The minimum atomic E-state index is 0.379. The molecule has 2 atom stereocenters. The van der Waals surface area contributed by atoms with E-state index in [0.29, 0.717) is 12.1 Å². The first kappa shape index (κ1) is 12.9. The SMILES string of the molecule is CC(NC1CCc2ccccc21)c1ccc(Br)cc1. The standard InChI is InChI=1S/C17H18BrN/c1-12(13-6-9-15(18)10-7-13)19-17-11-8-14-4-2-3-5-16(14)17/h2-7,9-10,12,17,19H,8,11H2,1H3. The zero-order valence-electron chi connectivity index (χ0n) is 11.1. The molecule has 0 aromatic heterocycles. The third kappa shape index (κ3) is 2.75. The van der Waals surface area contributed by atoms with E-state index < -0.39 is 0 Å². The highest BCUT2D eigenvalue weighted by Gasteiger charge is 2.23. The molecule has 1 N–H and O–H groups in total. The lowest BCUT2D eigenvalue weighted by Crippen LogP contribution is -2.22. The van der Waals surface area contributed by atoms with Crippen molar-refractivity contribution in [3.05, 3.63) is 69.7 Å². The van der Waals surface area contributed by atoms with Crippen LogP contribution in [0.1, 0.15) is 42.1 Å². The van der Waals surface area contributed by atoms with E-state index >= 15 is 0 Å². The molecule has 2 unspecified atom stereocenters. The van der Waals surface area contributed by atoms with Gasteiger partial charge in [-0.2, -0.15) is 0 Å². The average molecular weight is 316 g/mol. The maximum Gasteiger partial charge on any atom is 0.0331 e. The Kier molecular flexibility index (Phi) is 3.72. The fourth-order valence-electron chi connectivity index (χ4n) is 2.88. The van der Waals surface area contributed by atoms with Crippen molar-refractivity contribution in [1.82, 2.24) is 5.32 Å². The van der Waals surface area contributed by atoms with E-state index in [9.17, 15) is 0 Å². The maximum atomic E-state index is 3.76. The van der Waals surface area contributed by atoms with Gasteiger partial charge < -0.3 is 5.32 Å². The van der Waals surface area contributed by atoms with Crippen molar-refractivity contribution in [1.29, 1.82) is 0 Å². The molecule has 19 heavy (non-hydrogen) atoms. The summed E-state index contributed by atoms with van der Waals surface area (Å²) in [5.74, 6) is 0. The largest absolute Gasteiger partial charge is 0.303 e. The molecular weight excluding hydrogens is 298 g/mol. The summed E-state index contributed by atoms with van der Waals surface area (Å²) in [6.45, 7) is 2.24. The molecule has 2 aromatic rings. The van der Waals surface area contributed by atoms with Gasteiger partial charge in [0.2, 0.25) is 0 Å². The van der Waals surface area contributed by atoms with Gasteiger partial charge in [0.15, 0.2) is 0 Å². The number of rotatable bonds is 3. The van der Waals surface area contributed by atoms with Gasteiger partial charge in [0.25, 0.3) is 0 Å². The van der Waals surface area contributed by atoms with Crippen LogP contribution in [0.25, 0.3) is 0 Å². The molecule has 1 aliphatic carbocycles. The van der Waals surface area contributed by atoms with E-state index in [1.54, 1.807) is 0 Å². The lowest BCUT2D eigenvalue weighted by atomic mass is 10.0. The fourth-order valence-corrected chi connectivity index (χ4v) is 3.14. The van der Waals surface area contributed by atoms with Gasteiger partial charge in [-0.1, -0.05) is 52.3 Å². The van der Waals surface area contributed by atoms with Crippen molar-refractivity contribution >= 4 is 15.9 Å². The van der Waals surface area contributed by atoms with Gasteiger partial charge in [-0.25, -0.2) is 0 Å². The second-order valence-electron chi connectivity index (χ2n) is 5.23. The molecule has 1 nitrogen and oxygen atoms in total. The van der Waals surface area contributed by atoms with Crippen LogP contribution in [0.5, 0.6) is 0 Å². The number of hydrogen-bond acceptors (Lipinski definition) is 1. The first-order chi connectivity index (χ1) is 9.24. The Morgan fingerprint density at radius 1 is 1.11 bits per heavy atom. The van der Waals surface area contributed by atoms with Crippen LogP contribution in [0, 0.1) is 0 Å². The Balaban J connectivity index is 1.74. The van der Waals surface area contributed by atoms with Gasteiger partial charge in [0.05, 0.1) is 0 Å². The molecule has 2 heteroatoms. The topological polar surface area (TPSA) is 12.0 Å². The quantitative estimate of drug-likeness (QED) is 0.859. The highest BCUT2D eigenvalue weighted by Crippen LogP contribution is 2.32. The number of nitrogens with one attached hydrogen (secondary N) is 1. The molecule has 0 saturated carbocycles. The van der Waals surface area contributed by atoms with E-state index in [1.807, 2.05) is 0 Å². The van der Waals surface area contributed by atoms with Crippen molar-refractivity contribution in [2.24, 2.45) is 0 Å². The zero-order chi connectivity index (χ0) is 13.2. The van der Waals surface area contributed by atoms with Gasteiger partial charge in [0.1, 0.15) is 0 Å². The van der Waals surface area contributed by atoms with E-state index in [0.717, 1.165) is 4.47 Å². The number of benzene rings is 2. The van der Waals surface area contributed by atoms with Gasteiger partial charge in [-0.05, 0) is 48.6 Å². The molecule has 0 saturated heterocycles. The molecule has 1 aliphatic rings. The van der Waals surface area contributed by atoms with Crippen LogP contribution >= 0.6 is 15.9 Å². The maximum absolute atomic E-state index is 3.76. The summed E-state index contributed by atoms with van der Waals surface area (Å²) in [5, 5.41) is 3.76. The number of fused-ring (bicyclic) bond motifs is 1. The molecule has 0 aliphatic heterocycles. The lowest BCUT2D eigenvalue weighted by molar-refractivity contribution is 0.465. The predicted molar refractivity (Wildman–Crippen MR) is 83.2 cm³/mol. The van der Waals surface area contributed by atoms with E-state index in [4.69, 9.17) is 0 Å².